The number of rotatable bonds is 78. The molecule has 6 atom stereocenters. The van der Waals surface area contributed by atoms with Gasteiger partial charge in [-0.15, -0.1) is 0 Å². The van der Waals surface area contributed by atoms with Gasteiger partial charge in [-0.3, -0.25) is 37.3 Å². The third-order valence-electron chi connectivity index (χ3n) is 18.8. The van der Waals surface area contributed by atoms with Crippen LogP contribution in [0.5, 0.6) is 0 Å². The maximum atomic E-state index is 13.1. The first-order valence-corrected chi connectivity index (χ1v) is 44.0. The molecule has 0 radical (unpaired) electrons. The zero-order valence-corrected chi connectivity index (χ0v) is 65.9. The van der Waals surface area contributed by atoms with Gasteiger partial charge in [0.1, 0.15) is 19.3 Å². The third-order valence-corrected chi connectivity index (χ3v) is 20.7. The quantitative estimate of drug-likeness (QED) is 0.0222. The number of carbonyl (C=O) groups excluding carboxylic acids is 4. The van der Waals surface area contributed by atoms with Crippen molar-refractivity contribution in [3.8, 4) is 0 Å². The van der Waals surface area contributed by atoms with Crippen molar-refractivity contribution in [2.24, 2.45) is 11.8 Å². The summed E-state index contributed by atoms with van der Waals surface area (Å²) in [6.07, 6.45) is 60.2. The monoisotopic (exact) mass is 1440 g/mol. The van der Waals surface area contributed by atoms with Gasteiger partial charge in [-0.25, -0.2) is 9.13 Å². The Bertz CT molecular complexity index is 1890. The van der Waals surface area contributed by atoms with E-state index >= 15 is 0 Å². The fourth-order valence-electron chi connectivity index (χ4n) is 12.2. The second-order valence-electron chi connectivity index (χ2n) is 29.2. The molecule has 0 aromatic rings. The van der Waals surface area contributed by atoms with Gasteiger partial charge in [0, 0.05) is 25.7 Å². The van der Waals surface area contributed by atoms with Crippen molar-refractivity contribution in [2.45, 2.75) is 432 Å². The Kier molecular flexibility index (Phi) is 69.3. The van der Waals surface area contributed by atoms with Crippen molar-refractivity contribution in [3.05, 3.63) is 0 Å². The highest BCUT2D eigenvalue weighted by Crippen LogP contribution is 2.45. The highest BCUT2D eigenvalue weighted by molar-refractivity contribution is 7.47. The van der Waals surface area contributed by atoms with Gasteiger partial charge in [-0.2, -0.15) is 0 Å². The molecule has 98 heavy (non-hydrogen) atoms. The standard InChI is InChI=1S/C79H154O17P2/c1-7-10-12-14-15-16-17-18-19-20-21-22-23-24-25-26-31-34-40-45-51-57-63-79(84)96-75(68-90-77(82)62-56-50-44-39-33-30-28-27-29-32-37-42-48-53-59-71(4)5)70-94-98(87,88)92-66-73(80)65-91-97(85,86)93-69-74(67-89-76(81)61-55-47-13-11-8-2)95-78(83)64-58-52-46-41-36-35-38-43-49-54-60-72(6)9-3/h71-75,80H,7-70H2,1-6H3,(H,85,86)(H,87,88)/t72?,73-,74+,75+/m0/s1. The summed E-state index contributed by atoms with van der Waals surface area (Å²) in [6.45, 7) is 9.57. The number of aliphatic hydroxyl groups is 1. The minimum absolute atomic E-state index is 0.105. The van der Waals surface area contributed by atoms with Crippen molar-refractivity contribution in [3.63, 3.8) is 0 Å². The number of aliphatic hydroxyl groups excluding tert-OH is 1. The lowest BCUT2D eigenvalue weighted by molar-refractivity contribution is -0.161. The predicted octanol–water partition coefficient (Wildman–Crippen LogP) is 23.5. The number of ether oxygens (including phenoxy) is 4. The summed E-state index contributed by atoms with van der Waals surface area (Å²) in [4.78, 5) is 72.6. The molecule has 0 rings (SSSR count). The van der Waals surface area contributed by atoms with Gasteiger partial charge < -0.3 is 33.8 Å². The van der Waals surface area contributed by atoms with Crippen LogP contribution in [0.4, 0.5) is 0 Å². The minimum atomic E-state index is -4.96. The summed E-state index contributed by atoms with van der Waals surface area (Å²) < 4.78 is 68.4. The summed E-state index contributed by atoms with van der Waals surface area (Å²) >= 11 is 0. The van der Waals surface area contributed by atoms with E-state index in [1.165, 1.54) is 225 Å². The van der Waals surface area contributed by atoms with Crippen LogP contribution in [0.1, 0.15) is 414 Å². The summed E-state index contributed by atoms with van der Waals surface area (Å²) in [5.74, 6) is -0.522. The second kappa shape index (κ2) is 70.7. The number of hydrogen-bond acceptors (Lipinski definition) is 15. The molecule has 3 unspecified atom stereocenters. The molecule has 19 heteroatoms. The van der Waals surface area contributed by atoms with Crippen LogP contribution in [0.25, 0.3) is 0 Å². The largest absolute Gasteiger partial charge is 0.472 e. The Morgan fingerprint density at radius 1 is 0.296 bits per heavy atom. The molecule has 0 heterocycles. The predicted molar refractivity (Wildman–Crippen MR) is 400 cm³/mol. The van der Waals surface area contributed by atoms with Crippen molar-refractivity contribution in [1.29, 1.82) is 0 Å². The molecule has 0 amide bonds. The van der Waals surface area contributed by atoms with Crippen LogP contribution in [-0.2, 0) is 65.4 Å². The first-order valence-electron chi connectivity index (χ1n) is 41.0. The highest BCUT2D eigenvalue weighted by Gasteiger charge is 2.30. The number of esters is 4. The highest BCUT2D eigenvalue weighted by atomic mass is 31.2. The van der Waals surface area contributed by atoms with Gasteiger partial charge in [-0.1, -0.05) is 363 Å². The topological polar surface area (TPSA) is 237 Å². The molecule has 582 valence electrons. The van der Waals surface area contributed by atoms with Gasteiger partial charge in [0.25, 0.3) is 0 Å². The van der Waals surface area contributed by atoms with E-state index in [1.54, 1.807) is 0 Å². The number of carbonyl (C=O) groups is 4. The van der Waals surface area contributed by atoms with E-state index in [0.29, 0.717) is 25.7 Å². The summed E-state index contributed by atoms with van der Waals surface area (Å²) in [7, 11) is -9.91. The molecule has 0 spiro atoms. The van der Waals surface area contributed by atoms with Crippen molar-refractivity contribution >= 4 is 39.5 Å². The van der Waals surface area contributed by atoms with Crippen LogP contribution in [0.3, 0.4) is 0 Å². The third kappa shape index (κ3) is 71.1. The van der Waals surface area contributed by atoms with Gasteiger partial charge in [-0.05, 0) is 37.5 Å². The Balaban J connectivity index is 5.12. The molecule has 0 aliphatic carbocycles. The van der Waals surface area contributed by atoms with E-state index in [9.17, 15) is 43.2 Å². The normalized spacial score (nSPS) is 14.2. The van der Waals surface area contributed by atoms with Gasteiger partial charge in [0.2, 0.25) is 0 Å². The van der Waals surface area contributed by atoms with Crippen LogP contribution in [0.2, 0.25) is 0 Å². The summed E-state index contributed by atoms with van der Waals surface area (Å²) in [5, 5.41) is 10.6. The molecule has 0 aromatic carbocycles. The Hall–Kier alpha value is -1.94. The van der Waals surface area contributed by atoms with E-state index in [2.05, 4.69) is 41.5 Å². The molecule has 0 bridgehead atoms. The molecule has 0 saturated heterocycles. The molecule has 0 aliphatic heterocycles. The lowest BCUT2D eigenvalue weighted by atomic mass is 9.99. The molecule has 0 aliphatic rings. The van der Waals surface area contributed by atoms with E-state index in [0.717, 1.165) is 108 Å². The molecule has 0 aromatic heterocycles. The minimum Gasteiger partial charge on any atom is -0.462 e. The Morgan fingerprint density at radius 2 is 0.520 bits per heavy atom. The fourth-order valence-corrected chi connectivity index (χ4v) is 13.7. The van der Waals surface area contributed by atoms with Crippen molar-refractivity contribution in [1.82, 2.24) is 0 Å². The number of hydrogen-bond donors (Lipinski definition) is 3. The van der Waals surface area contributed by atoms with Gasteiger partial charge in [0.15, 0.2) is 12.2 Å². The molecular weight excluding hydrogens is 1280 g/mol. The lowest BCUT2D eigenvalue weighted by Gasteiger charge is -2.21. The molecule has 3 N–H and O–H groups in total. The number of unbranched alkanes of at least 4 members (excludes halogenated alkanes) is 47. The van der Waals surface area contributed by atoms with E-state index in [1.807, 2.05) is 0 Å². The average Bonchev–Trinajstić information content (AvgIpc) is 1.25. The number of phosphoric acid groups is 2. The fraction of sp³-hybridized carbons (Fsp3) is 0.949. The van der Waals surface area contributed by atoms with Gasteiger partial charge >= 0.3 is 39.5 Å². The van der Waals surface area contributed by atoms with E-state index in [4.69, 9.17) is 37.0 Å². The summed E-state index contributed by atoms with van der Waals surface area (Å²) in [5.41, 5.74) is 0. The first kappa shape index (κ1) is 96.1. The van der Waals surface area contributed by atoms with Crippen LogP contribution < -0.4 is 0 Å². The Labute approximate surface area is 600 Å². The second-order valence-corrected chi connectivity index (χ2v) is 32.1. The first-order chi connectivity index (χ1) is 47.4. The molecule has 0 saturated carbocycles. The summed E-state index contributed by atoms with van der Waals surface area (Å²) in [6, 6.07) is 0. The van der Waals surface area contributed by atoms with Gasteiger partial charge in [0.05, 0.1) is 26.4 Å². The van der Waals surface area contributed by atoms with E-state index in [-0.39, 0.29) is 25.7 Å². The SMILES string of the molecule is CCCCCCCCCCCCCCCCCCCCCCCCC(=O)O[C@H](COC(=O)CCCCCCCCCCCCCCCCC(C)C)COP(=O)(O)OC[C@@H](O)COP(=O)(O)OC[C@@H](COC(=O)CCCCCCC)OC(=O)CCCCCCCCCCCCC(C)CC. The Morgan fingerprint density at radius 3 is 0.776 bits per heavy atom. The maximum absolute atomic E-state index is 13.1. The van der Waals surface area contributed by atoms with Crippen molar-refractivity contribution < 1.29 is 80.2 Å². The zero-order chi connectivity index (χ0) is 72.1. The van der Waals surface area contributed by atoms with Crippen molar-refractivity contribution in [2.75, 3.05) is 39.6 Å². The van der Waals surface area contributed by atoms with Crippen LogP contribution in [-0.4, -0.2) is 96.7 Å². The van der Waals surface area contributed by atoms with E-state index < -0.39 is 97.5 Å². The van der Waals surface area contributed by atoms with Crippen LogP contribution >= 0.6 is 15.6 Å². The maximum Gasteiger partial charge on any atom is 0.472 e. The zero-order valence-electron chi connectivity index (χ0n) is 64.1. The molecular formula is C79H154O17P2. The lowest BCUT2D eigenvalue weighted by Crippen LogP contribution is -2.30. The average molecular weight is 1440 g/mol. The molecule has 0 fully saturated rings. The smallest absolute Gasteiger partial charge is 0.462 e. The number of phosphoric ester groups is 2. The van der Waals surface area contributed by atoms with Crippen LogP contribution in [0.15, 0.2) is 0 Å². The molecule has 17 nitrogen and oxygen atoms in total. The van der Waals surface area contributed by atoms with Crippen LogP contribution in [0, 0.1) is 11.8 Å².